The van der Waals surface area contributed by atoms with E-state index in [0.717, 1.165) is 16.9 Å². The van der Waals surface area contributed by atoms with Gasteiger partial charge in [-0.05, 0) is 48.9 Å². The molecule has 2 aromatic carbocycles. The number of aromatic nitrogens is 1. The third kappa shape index (κ3) is 3.98. The van der Waals surface area contributed by atoms with Crippen molar-refractivity contribution in [3.8, 4) is 0 Å². The van der Waals surface area contributed by atoms with Gasteiger partial charge in [-0.3, -0.25) is 9.59 Å². The second kappa shape index (κ2) is 8.71. The molecule has 0 radical (unpaired) electrons. The van der Waals surface area contributed by atoms with E-state index in [1.54, 1.807) is 30.5 Å². The Hall–Kier alpha value is -3.64. The van der Waals surface area contributed by atoms with Crippen LogP contribution in [0.2, 0.25) is 5.02 Å². The van der Waals surface area contributed by atoms with Crippen LogP contribution in [0.1, 0.15) is 11.1 Å². The summed E-state index contributed by atoms with van der Waals surface area (Å²) >= 11 is 6.03. The number of imide groups is 1. The number of hydrogen-bond donors (Lipinski definition) is 0. The summed E-state index contributed by atoms with van der Waals surface area (Å²) < 4.78 is 0. The van der Waals surface area contributed by atoms with Crippen LogP contribution in [0.5, 0.6) is 0 Å². The van der Waals surface area contributed by atoms with E-state index in [0.29, 0.717) is 48.2 Å². The normalized spacial score (nSPS) is 16.7. The van der Waals surface area contributed by atoms with Crippen LogP contribution in [-0.4, -0.2) is 47.9 Å². The van der Waals surface area contributed by atoms with E-state index in [1.165, 1.54) is 4.90 Å². The van der Waals surface area contributed by atoms with Crippen molar-refractivity contribution in [1.29, 1.82) is 0 Å². The zero-order valence-corrected chi connectivity index (χ0v) is 19.0. The number of nitrogens with zero attached hydrogens (tertiary/aromatic N) is 4. The number of rotatable bonds is 4. The molecule has 7 heteroatoms. The molecule has 33 heavy (non-hydrogen) atoms. The molecular formula is C26H23ClN4O2. The number of carbonyl (C=O) groups is 2. The minimum atomic E-state index is -0.312. The van der Waals surface area contributed by atoms with Crippen molar-refractivity contribution in [2.75, 3.05) is 36.0 Å². The van der Waals surface area contributed by atoms with Gasteiger partial charge in [-0.15, -0.1) is 0 Å². The van der Waals surface area contributed by atoms with E-state index < -0.39 is 0 Å². The molecule has 166 valence electrons. The molecule has 0 aliphatic carbocycles. The Bertz CT molecular complexity index is 1220. The van der Waals surface area contributed by atoms with Gasteiger partial charge < -0.3 is 9.80 Å². The Kier molecular flexibility index (Phi) is 5.60. The Balaban J connectivity index is 1.50. The molecule has 0 N–H and O–H groups in total. The molecule has 0 saturated carbocycles. The first-order chi connectivity index (χ1) is 16.0. The predicted octanol–water partition coefficient (Wildman–Crippen LogP) is 4.15. The van der Waals surface area contributed by atoms with Crippen LogP contribution in [0.25, 0.3) is 5.57 Å². The second-order valence-electron chi connectivity index (χ2n) is 8.17. The molecule has 0 spiro atoms. The molecule has 2 amide bonds. The maximum absolute atomic E-state index is 13.6. The summed E-state index contributed by atoms with van der Waals surface area (Å²) in [4.78, 5) is 37.2. The van der Waals surface area contributed by atoms with Crippen molar-refractivity contribution in [3.63, 3.8) is 0 Å². The number of aryl methyl sites for hydroxylation is 1. The molecule has 1 aromatic heterocycles. The minimum Gasteiger partial charge on any atom is -0.363 e. The summed E-state index contributed by atoms with van der Waals surface area (Å²) in [5.74, 6) is 0.305. The average Bonchev–Trinajstić information content (AvgIpc) is 3.11. The summed E-state index contributed by atoms with van der Waals surface area (Å²) in [5, 5.41) is 0.551. The maximum Gasteiger partial charge on any atom is 0.282 e. The zero-order chi connectivity index (χ0) is 22.9. The van der Waals surface area contributed by atoms with Crippen molar-refractivity contribution >= 4 is 40.5 Å². The van der Waals surface area contributed by atoms with Crippen LogP contribution in [0.4, 0.5) is 11.5 Å². The summed E-state index contributed by atoms with van der Waals surface area (Å²) in [6.45, 7) is 4.66. The van der Waals surface area contributed by atoms with Gasteiger partial charge in [-0.25, -0.2) is 9.88 Å². The van der Waals surface area contributed by atoms with Crippen molar-refractivity contribution < 1.29 is 9.59 Å². The van der Waals surface area contributed by atoms with Crippen molar-refractivity contribution in [2.45, 2.75) is 6.92 Å². The van der Waals surface area contributed by atoms with Gasteiger partial charge in [0.25, 0.3) is 11.8 Å². The molecule has 2 aliphatic rings. The number of hydrogen-bond acceptors (Lipinski definition) is 5. The van der Waals surface area contributed by atoms with E-state index in [4.69, 9.17) is 11.6 Å². The Labute approximate surface area is 197 Å². The van der Waals surface area contributed by atoms with Crippen molar-refractivity contribution in [1.82, 2.24) is 9.88 Å². The Morgan fingerprint density at radius 2 is 1.45 bits per heavy atom. The van der Waals surface area contributed by atoms with Gasteiger partial charge in [0.2, 0.25) is 0 Å². The average molecular weight is 459 g/mol. The third-order valence-corrected chi connectivity index (χ3v) is 6.31. The van der Waals surface area contributed by atoms with Crippen LogP contribution in [0.15, 0.2) is 78.6 Å². The maximum atomic E-state index is 13.6. The van der Waals surface area contributed by atoms with E-state index >= 15 is 0 Å². The molecule has 5 rings (SSSR count). The molecule has 1 saturated heterocycles. The Morgan fingerprint density at radius 3 is 2.09 bits per heavy atom. The number of pyridine rings is 1. The first-order valence-electron chi connectivity index (χ1n) is 10.9. The zero-order valence-electron chi connectivity index (χ0n) is 18.2. The van der Waals surface area contributed by atoms with E-state index in [1.807, 2.05) is 54.3 Å². The molecular weight excluding hydrogens is 436 g/mol. The van der Waals surface area contributed by atoms with Gasteiger partial charge >= 0.3 is 0 Å². The lowest BCUT2D eigenvalue weighted by atomic mass is 10.0. The lowest BCUT2D eigenvalue weighted by Crippen LogP contribution is -2.48. The summed E-state index contributed by atoms with van der Waals surface area (Å²) in [7, 11) is 0. The molecule has 2 aliphatic heterocycles. The first kappa shape index (κ1) is 21.2. The monoisotopic (exact) mass is 458 g/mol. The smallest absolute Gasteiger partial charge is 0.282 e. The van der Waals surface area contributed by atoms with Gasteiger partial charge in [0.05, 0.1) is 11.3 Å². The van der Waals surface area contributed by atoms with Crippen LogP contribution >= 0.6 is 11.6 Å². The highest BCUT2D eigenvalue weighted by atomic mass is 35.5. The standard InChI is InChI=1S/C26H23ClN4O2/c1-18-5-7-19(8-6-18)23-24(26(33)31(25(23)32)21-11-9-20(27)10-12-21)30-16-14-29(15-17-30)22-4-2-3-13-28-22/h2-13H,14-17H2,1H3. The fourth-order valence-electron chi connectivity index (χ4n) is 4.32. The van der Waals surface area contributed by atoms with Crippen LogP contribution in [0.3, 0.4) is 0 Å². The van der Waals surface area contributed by atoms with E-state index in [-0.39, 0.29) is 11.8 Å². The number of piperazine rings is 1. The second-order valence-corrected chi connectivity index (χ2v) is 8.61. The quantitative estimate of drug-likeness (QED) is 0.550. The van der Waals surface area contributed by atoms with E-state index in [9.17, 15) is 9.59 Å². The van der Waals surface area contributed by atoms with Crippen molar-refractivity contribution in [3.05, 3.63) is 94.8 Å². The largest absolute Gasteiger partial charge is 0.363 e. The lowest BCUT2D eigenvalue weighted by Gasteiger charge is -2.37. The highest BCUT2D eigenvalue weighted by Gasteiger charge is 2.43. The highest BCUT2D eigenvalue weighted by molar-refractivity contribution is 6.45. The van der Waals surface area contributed by atoms with Crippen LogP contribution in [0, 0.1) is 6.92 Å². The molecule has 0 atom stereocenters. The first-order valence-corrected chi connectivity index (χ1v) is 11.3. The predicted molar refractivity (Wildman–Crippen MR) is 130 cm³/mol. The molecule has 3 heterocycles. The number of anilines is 2. The van der Waals surface area contributed by atoms with Gasteiger partial charge in [-0.1, -0.05) is 47.5 Å². The van der Waals surface area contributed by atoms with Gasteiger partial charge in [0.1, 0.15) is 11.5 Å². The third-order valence-electron chi connectivity index (χ3n) is 6.05. The molecule has 0 bridgehead atoms. The van der Waals surface area contributed by atoms with Crippen LogP contribution in [-0.2, 0) is 9.59 Å². The number of amides is 2. The van der Waals surface area contributed by atoms with Crippen LogP contribution < -0.4 is 9.80 Å². The number of benzene rings is 2. The molecule has 3 aromatic rings. The number of halogens is 1. The van der Waals surface area contributed by atoms with Gasteiger partial charge in [-0.2, -0.15) is 0 Å². The fraction of sp³-hybridized carbons (Fsp3) is 0.192. The molecule has 0 unspecified atom stereocenters. The minimum absolute atomic E-state index is 0.302. The molecule has 6 nitrogen and oxygen atoms in total. The number of carbonyl (C=O) groups excluding carboxylic acids is 2. The van der Waals surface area contributed by atoms with Gasteiger partial charge in [0.15, 0.2) is 0 Å². The summed E-state index contributed by atoms with van der Waals surface area (Å²) in [6.07, 6.45) is 1.78. The topological polar surface area (TPSA) is 56.8 Å². The van der Waals surface area contributed by atoms with Gasteiger partial charge in [0, 0.05) is 37.4 Å². The summed E-state index contributed by atoms with van der Waals surface area (Å²) in [5.41, 5.74) is 3.26. The highest BCUT2D eigenvalue weighted by Crippen LogP contribution is 2.35. The Morgan fingerprint density at radius 1 is 0.788 bits per heavy atom. The summed E-state index contributed by atoms with van der Waals surface area (Å²) in [6, 6.07) is 20.4. The fourth-order valence-corrected chi connectivity index (χ4v) is 4.44. The van der Waals surface area contributed by atoms with Crippen molar-refractivity contribution in [2.24, 2.45) is 0 Å². The van der Waals surface area contributed by atoms with E-state index in [2.05, 4.69) is 9.88 Å². The SMILES string of the molecule is Cc1ccc(C2=C(N3CCN(c4ccccn4)CC3)C(=O)N(c3ccc(Cl)cc3)C2=O)cc1. The molecule has 1 fully saturated rings. The lowest BCUT2D eigenvalue weighted by molar-refractivity contribution is -0.120.